The van der Waals surface area contributed by atoms with Gasteiger partial charge in [0, 0.05) is 26.2 Å². The normalized spacial score (nSPS) is 21.4. The van der Waals surface area contributed by atoms with E-state index in [0.29, 0.717) is 0 Å². The average molecular weight is 325 g/mol. The van der Waals surface area contributed by atoms with Crippen LogP contribution in [0.5, 0.6) is 0 Å². The lowest BCUT2D eigenvalue weighted by molar-refractivity contribution is 0.0144. The number of amides is 1. The van der Waals surface area contributed by atoms with Gasteiger partial charge in [-0.25, -0.2) is 4.79 Å². The second-order valence-electron chi connectivity index (χ2n) is 8.00. The molecule has 5 nitrogen and oxygen atoms in total. The number of unbranched alkanes of at least 4 members (excludes halogenated alkanes) is 1. The largest absolute Gasteiger partial charge is 0.444 e. The average Bonchev–Trinajstić information content (AvgIpc) is 2.51. The van der Waals surface area contributed by atoms with E-state index in [-0.39, 0.29) is 6.09 Å². The molecule has 2 heterocycles. The molecule has 23 heavy (non-hydrogen) atoms. The highest BCUT2D eigenvalue weighted by molar-refractivity contribution is 5.68. The molecular weight excluding hydrogens is 290 g/mol. The molecular formula is C18H35N3O2. The van der Waals surface area contributed by atoms with Crippen LogP contribution >= 0.6 is 0 Å². The molecule has 2 rings (SSSR count). The van der Waals surface area contributed by atoms with Gasteiger partial charge < -0.3 is 15.0 Å². The maximum Gasteiger partial charge on any atom is 0.410 e. The summed E-state index contributed by atoms with van der Waals surface area (Å²) in [6.07, 6.45) is 6.57. The van der Waals surface area contributed by atoms with Gasteiger partial charge in [-0.05, 0) is 65.6 Å². The first-order valence-corrected chi connectivity index (χ1v) is 9.35. The number of nitrogens with one attached hydrogen (secondary N) is 1. The zero-order valence-corrected chi connectivity index (χ0v) is 15.3. The summed E-state index contributed by atoms with van der Waals surface area (Å²) >= 11 is 0. The van der Waals surface area contributed by atoms with E-state index in [0.717, 1.165) is 32.1 Å². The summed E-state index contributed by atoms with van der Waals surface area (Å²) in [5.74, 6) is 0.945. The Kier molecular flexibility index (Phi) is 7.15. The van der Waals surface area contributed by atoms with Crippen LogP contribution in [0.15, 0.2) is 0 Å². The molecule has 1 N–H and O–H groups in total. The Bertz CT molecular complexity index is 354. The van der Waals surface area contributed by atoms with Gasteiger partial charge in [-0.2, -0.15) is 0 Å². The van der Waals surface area contributed by atoms with Crippen LogP contribution in [0.1, 0.15) is 52.9 Å². The van der Waals surface area contributed by atoms with E-state index in [1.54, 1.807) is 0 Å². The molecule has 0 unspecified atom stereocenters. The number of piperazine rings is 1. The molecule has 2 aliphatic rings. The number of piperidine rings is 1. The fraction of sp³-hybridized carbons (Fsp3) is 0.944. The first kappa shape index (κ1) is 18.5. The minimum atomic E-state index is -0.400. The lowest BCUT2D eigenvalue weighted by Crippen LogP contribution is -2.50. The third kappa shape index (κ3) is 7.08. The number of carbonyl (C=O) groups excluding carboxylic acids is 1. The highest BCUT2D eigenvalue weighted by atomic mass is 16.6. The second kappa shape index (κ2) is 8.88. The van der Waals surface area contributed by atoms with Crippen molar-refractivity contribution in [3.8, 4) is 0 Å². The Morgan fingerprint density at radius 1 is 1.09 bits per heavy atom. The van der Waals surface area contributed by atoms with Crippen molar-refractivity contribution in [3.63, 3.8) is 0 Å². The van der Waals surface area contributed by atoms with Gasteiger partial charge in [0.05, 0.1) is 0 Å². The molecule has 0 bridgehead atoms. The summed E-state index contributed by atoms with van der Waals surface area (Å²) in [5.41, 5.74) is -0.400. The fourth-order valence-corrected chi connectivity index (χ4v) is 3.42. The molecule has 2 saturated heterocycles. The third-order valence-corrected chi connectivity index (χ3v) is 4.82. The molecule has 1 amide bonds. The van der Waals surface area contributed by atoms with Crippen LogP contribution < -0.4 is 5.32 Å². The van der Waals surface area contributed by atoms with Gasteiger partial charge in [-0.3, -0.25) is 4.90 Å². The Morgan fingerprint density at radius 2 is 1.74 bits per heavy atom. The SMILES string of the molecule is CC(C)(C)OC(=O)N1CCN(CCCCC2CCNCC2)CC1. The standard InChI is InChI=1S/C18H35N3O2/c1-18(2,3)23-17(22)21-14-12-20(13-15-21)11-5-4-6-16-7-9-19-10-8-16/h16,19H,4-15H2,1-3H3. The predicted molar refractivity (Wildman–Crippen MR) is 93.7 cm³/mol. The summed E-state index contributed by atoms with van der Waals surface area (Å²) < 4.78 is 5.44. The summed E-state index contributed by atoms with van der Waals surface area (Å²) in [7, 11) is 0. The van der Waals surface area contributed by atoms with Gasteiger partial charge in [0.25, 0.3) is 0 Å². The number of hydrogen-bond donors (Lipinski definition) is 1. The van der Waals surface area contributed by atoms with Gasteiger partial charge in [0.1, 0.15) is 5.60 Å². The van der Waals surface area contributed by atoms with Crippen LogP contribution in [0.4, 0.5) is 4.79 Å². The molecule has 2 fully saturated rings. The fourth-order valence-electron chi connectivity index (χ4n) is 3.42. The van der Waals surface area contributed by atoms with Crippen LogP contribution in [-0.4, -0.2) is 67.3 Å². The summed E-state index contributed by atoms with van der Waals surface area (Å²) in [4.78, 5) is 16.4. The Hall–Kier alpha value is -0.810. The molecule has 0 aromatic rings. The van der Waals surface area contributed by atoms with E-state index in [2.05, 4.69) is 10.2 Å². The highest BCUT2D eigenvalue weighted by Crippen LogP contribution is 2.19. The van der Waals surface area contributed by atoms with Crippen molar-refractivity contribution in [1.29, 1.82) is 0 Å². The first-order valence-electron chi connectivity index (χ1n) is 9.35. The van der Waals surface area contributed by atoms with Crippen LogP contribution in [0.2, 0.25) is 0 Å². The molecule has 0 spiro atoms. The van der Waals surface area contributed by atoms with Crippen molar-refractivity contribution < 1.29 is 9.53 Å². The minimum Gasteiger partial charge on any atom is -0.444 e. The number of nitrogens with zero attached hydrogens (tertiary/aromatic N) is 2. The van der Waals surface area contributed by atoms with Crippen molar-refractivity contribution in [2.24, 2.45) is 5.92 Å². The van der Waals surface area contributed by atoms with Crippen molar-refractivity contribution in [3.05, 3.63) is 0 Å². The van der Waals surface area contributed by atoms with Gasteiger partial charge in [0.2, 0.25) is 0 Å². The molecule has 0 atom stereocenters. The van der Waals surface area contributed by atoms with Crippen molar-refractivity contribution in [2.45, 2.75) is 58.5 Å². The molecule has 2 aliphatic heterocycles. The molecule has 134 valence electrons. The van der Waals surface area contributed by atoms with Gasteiger partial charge in [-0.15, -0.1) is 0 Å². The van der Waals surface area contributed by atoms with Gasteiger partial charge in [-0.1, -0.05) is 12.8 Å². The number of hydrogen-bond acceptors (Lipinski definition) is 4. The maximum absolute atomic E-state index is 12.0. The third-order valence-electron chi connectivity index (χ3n) is 4.82. The van der Waals surface area contributed by atoms with Crippen molar-refractivity contribution in [2.75, 3.05) is 45.8 Å². The smallest absolute Gasteiger partial charge is 0.410 e. The summed E-state index contributed by atoms with van der Waals surface area (Å²) in [5, 5.41) is 3.43. The van der Waals surface area contributed by atoms with E-state index >= 15 is 0 Å². The van der Waals surface area contributed by atoms with E-state index < -0.39 is 5.60 Å². The van der Waals surface area contributed by atoms with Crippen molar-refractivity contribution in [1.82, 2.24) is 15.1 Å². The first-order chi connectivity index (χ1) is 10.9. The predicted octanol–water partition coefficient (Wildman–Crippen LogP) is 2.71. The Morgan fingerprint density at radius 3 is 2.35 bits per heavy atom. The van der Waals surface area contributed by atoms with E-state index in [1.165, 1.54) is 51.7 Å². The Balaban J connectivity index is 1.55. The number of carbonyl (C=O) groups is 1. The second-order valence-corrected chi connectivity index (χ2v) is 8.00. The zero-order chi connectivity index (χ0) is 16.7. The molecule has 5 heteroatoms. The van der Waals surface area contributed by atoms with E-state index in [1.807, 2.05) is 25.7 Å². The van der Waals surface area contributed by atoms with Crippen molar-refractivity contribution >= 4 is 6.09 Å². The van der Waals surface area contributed by atoms with Gasteiger partial charge >= 0.3 is 6.09 Å². The quantitative estimate of drug-likeness (QED) is 0.790. The van der Waals surface area contributed by atoms with Crippen LogP contribution in [-0.2, 0) is 4.74 Å². The molecule has 0 radical (unpaired) electrons. The van der Waals surface area contributed by atoms with Crippen LogP contribution in [0, 0.1) is 5.92 Å². The molecule has 0 saturated carbocycles. The maximum atomic E-state index is 12.0. The van der Waals surface area contributed by atoms with Crippen LogP contribution in [0.25, 0.3) is 0 Å². The number of rotatable bonds is 5. The minimum absolute atomic E-state index is 0.164. The Labute approximate surface area is 141 Å². The topological polar surface area (TPSA) is 44.8 Å². The molecule has 0 aliphatic carbocycles. The number of ether oxygens (including phenoxy) is 1. The summed E-state index contributed by atoms with van der Waals surface area (Å²) in [6, 6.07) is 0. The van der Waals surface area contributed by atoms with E-state index in [4.69, 9.17) is 4.74 Å². The molecule has 0 aromatic carbocycles. The zero-order valence-electron chi connectivity index (χ0n) is 15.3. The lowest BCUT2D eigenvalue weighted by Gasteiger charge is -2.35. The van der Waals surface area contributed by atoms with Gasteiger partial charge in [0.15, 0.2) is 0 Å². The highest BCUT2D eigenvalue weighted by Gasteiger charge is 2.25. The monoisotopic (exact) mass is 325 g/mol. The van der Waals surface area contributed by atoms with E-state index in [9.17, 15) is 4.79 Å². The lowest BCUT2D eigenvalue weighted by atomic mass is 9.92. The molecule has 0 aromatic heterocycles. The van der Waals surface area contributed by atoms with Crippen LogP contribution in [0.3, 0.4) is 0 Å². The summed E-state index contributed by atoms with van der Waals surface area (Å²) in [6.45, 7) is 12.9.